The van der Waals surface area contributed by atoms with Crippen LogP contribution in [0.4, 0.5) is 0 Å². The van der Waals surface area contributed by atoms with Crippen LogP contribution in [0, 0.1) is 4.91 Å². The maximum atomic E-state index is 11.0. The number of nitrogens with zero attached hydrogens (tertiary/aromatic N) is 3. The van der Waals surface area contributed by atoms with Crippen molar-refractivity contribution in [2.75, 3.05) is 19.8 Å². The second kappa shape index (κ2) is 6.93. The Hall–Kier alpha value is -1.05. The molecule has 2 aliphatic heterocycles. The van der Waals surface area contributed by atoms with Crippen molar-refractivity contribution in [1.82, 2.24) is 5.01 Å². The van der Waals surface area contributed by atoms with Gasteiger partial charge in [-0.3, -0.25) is 0 Å². The van der Waals surface area contributed by atoms with E-state index in [0.29, 0.717) is 25.3 Å². The van der Waals surface area contributed by atoms with Crippen LogP contribution in [0.3, 0.4) is 0 Å². The molecule has 108 valence electrons. The minimum atomic E-state index is -0.593. The lowest BCUT2D eigenvalue weighted by Crippen LogP contribution is -2.45. The molecule has 0 aromatic rings. The fraction of sp³-hybridized carbons (Fsp3) is 0.917. The third-order valence-corrected chi connectivity index (χ3v) is 3.39. The molecule has 2 heterocycles. The van der Waals surface area contributed by atoms with E-state index in [1.54, 1.807) is 11.9 Å². The molecule has 0 spiro atoms. The molecule has 0 bridgehead atoms. The third-order valence-electron chi connectivity index (χ3n) is 3.39. The molecule has 0 aromatic heterocycles. The lowest BCUT2D eigenvalue weighted by molar-refractivity contribution is -0.161. The van der Waals surface area contributed by atoms with Crippen molar-refractivity contribution in [3.05, 3.63) is 4.91 Å². The quantitative estimate of drug-likeness (QED) is 0.577. The summed E-state index contributed by atoms with van der Waals surface area (Å²) in [6.07, 6.45) is 2.89. The molecule has 0 amide bonds. The van der Waals surface area contributed by atoms with Gasteiger partial charge in [0.25, 0.3) is 0 Å². The van der Waals surface area contributed by atoms with E-state index in [0.717, 1.165) is 19.3 Å². The zero-order valence-corrected chi connectivity index (χ0v) is 11.2. The molecule has 1 fully saturated rings. The molecule has 19 heavy (non-hydrogen) atoms. The number of hydrogen-bond acceptors (Lipinski definition) is 7. The Bertz CT molecular complexity index is 331. The number of ether oxygens (including phenoxy) is 2. The summed E-state index contributed by atoms with van der Waals surface area (Å²) < 4.78 is 11.3. The van der Waals surface area contributed by atoms with Crippen LogP contribution in [0.2, 0.25) is 0 Å². The first-order valence-corrected chi connectivity index (χ1v) is 6.78. The smallest absolute Gasteiger partial charge is 0.179 e. The fourth-order valence-corrected chi connectivity index (χ4v) is 2.37. The maximum Gasteiger partial charge on any atom is 0.179 e. The second-order valence-electron chi connectivity index (χ2n) is 4.83. The Labute approximate surface area is 112 Å². The van der Waals surface area contributed by atoms with Gasteiger partial charge in [-0.15, -0.1) is 4.91 Å². The average molecular weight is 271 g/mol. The van der Waals surface area contributed by atoms with Gasteiger partial charge in [0.05, 0.1) is 12.3 Å². The largest absolute Gasteiger partial charge is 0.396 e. The van der Waals surface area contributed by atoms with E-state index >= 15 is 0 Å². The highest BCUT2D eigenvalue weighted by Gasteiger charge is 2.41. The average Bonchev–Trinajstić information content (AvgIpc) is 2.76. The van der Waals surface area contributed by atoms with Gasteiger partial charge in [0.1, 0.15) is 6.23 Å². The van der Waals surface area contributed by atoms with Gasteiger partial charge in [0.15, 0.2) is 12.3 Å². The Morgan fingerprint density at radius 2 is 2.42 bits per heavy atom. The number of hydrazone groups is 1. The van der Waals surface area contributed by atoms with Crippen LogP contribution in [-0.2, 0) is 9.47 Å². The molecule has 2 rings (SSSR count). The van der Waals surface area contributed by atoms with Crippen LogP contribution in [0.5, 0.6) is 0 Å². The van der Waals surface area contributed by atoms with E-state index in [-0.39, 0.29) is 12.8 Å². The molecule has 3 atom stereocenters. The molecule has 3 unspecified atom stereocenters. The van der Waals surface area contributed by atoms with Gasteiger partial charge < -0.3 is 14.6 Å². The summed E-state index contributed by atoms with van der Waals surface area (Å²) in [5.41, 5.74) is 0.651. The first-order valence-electron chi connectivity index (χ1n) is 6.78. The van der Waals surface area contributed by atoms with Gasteiger partial charge in [-0.25, -0.2) is 5.01 Å². The fourth-order valence-electron chi connectivity index (χ4n) is 2.37. The summed E-state index contributed by atoms with van der Waals surface area (Å²) in [5.74, 6) is 0. The van der Waals surface area contributed by atoms with Crippen molar-refractivity contribution in [2.45, 2.75) is 51.1 Å². The number of aliphatic hydroxyl groups excluding tert-OH is 1. The Morgan fingerprint density at radius 3 is 3.05 bits per heavy atom. The van der Waals surface area contributed by atoms with Gasteiger partial charge in [-0.2, -0.15) is 5.10 Å². The SMILES string of the molecule is CC1=NN(C2CCCCO2)C(OCCCO)C1N=O. The minimum absolute atomic E-state index is 0.0612. The highest BCUT2D eigenvalue weighted by atomic mass is 16.5. The van der Waals surface area contributed by atoms with Gasteiger partial charge in [0.2, 0.25) is 0 Å². The Morgan fingerprint density at radius 1 is 1.58 bits per heavy atom. The van der Waals surface area contributed by atoms with Crippen LogP contribution < -0.4 is 0 Å². The summed E-state index contributed by atoms with van der Waals surface area (Å²) in [5, 5.41) is 18.0. The molecule has 7 nitrogen and oxygen atoms in total. The standard InChI is InChI=1S/C12H21N3O4/c1-9-11(14-17)12(19-8-4-6-16)15(13-9)10-5-2-3-7-18-10/h10-12,16H,2-8H2,1H3. The van der Waals surface area contributed by atoms with Crippen LogP contribution in [0.25, 0.3) is 0 Å². The summed E-state index contributed by atoms with van der Waals surface area (Å²) in [6.45, 7) is 2.92. The summed E-state index contributed by atoms with van der Waals surface area (Å²) in [7, 11) is 0. The van der Waals surface area contributed by atoms with Crippen molar-refractivity contribution in [3.63, 3.8) is 0 Å². The maximum absolute atomic E-state index is 11.0. The van der Waals surface area contributed by atoms with E-state index in [9.17, 15) is 4.91 Å². The monoisotopic (exact) mass is 271 g/mol. The van der Waals surface area contributed by atoms with Crippen LogP contribution in [-0.4, -0.2) is 54.1 Å². The summed E-state index contributed by atoms with van der Waals surface area (Å²) >= 11 is 0. The summed E-state index contributed by atoms with van der Waals surface area (Å²) in [4.78, 5) is 11.0. The highest BCUT2D eigenvalue weighted by Crippen LogP contribution is 2.27. The zero-order valence-electron chi connectivity index (χ0n) is 11.2. The zero-order chi connectivity index (χ0) is 13.7. The van der Waals surface area contributed by atoms with E-state index in [1.165, 1.54) is 0 Å². The Balaban J connectivity index is 2.02. The molecule has 0 radical (unpaired) electrons. The van der Waals surface area contributed by atoms with Gasteiger partial charge in [-0.05, 0) is 32.6 Å². The topological polar surface area (TPSA) is 83.7 Å². The number of hydrogen-bond donors (Lipinski definition) is 1. The van der Waals surface area contributed by atoms with Crippen molar-refractivity contribution in [3.8, 4) is 0 Å². The highest BCUT2D eigenvalue weighted by molar-refractivity contribution is 5.89. The molecule has 0 saturated carbocycles. The van der Waals surface area contributed by atoms with Crippen molar-refractivity contribution < 1.29 is 14.6 Å². The van der Waals surface area contributed by atoms with E-state index in [2.05, 4.69) is 10.3 Å². The number of aliphatic hydroxyl groups is 1. The molecular weight excluding hydrogens is 250 g/mol. The minimum Gasteiger partial charge on any atom is -0.396 e. The van der Waals surface area contributed by atoms with Crippen LogP contribution >= 0.6 is 0 Å². The molecule has 7 heteroatoms. The lowest BCUT2D eigenvalue weighted by Gasteiger charge is -2.34. The van der Waals surface area contributed by atoms with Crippen LogP contribution in [0.1, 0.15) is 32.6 Å². The molecule has 2 aliphatic rings. The Kier molecular flexibility index (Phi) is 5.24. The molecule has 1 saturated heterocycles. The summed E-state index contributed by atoms with van der Waals surface area (Å²) in [6, 6.07) is -0.593. The normalized spacial score (nSPS) is 31.4. The predicted octanol–water partition coefficient (Wildman–Crippen LogP) is 1.06. The van der Waals surface area contributed by atoms with Crippen LogP contribution in [0.15, 0.2) is 10.3 Å². The number of nitroso groups, excluding NO2 is 1. The van der Waals surface area contributed by atoms with Gasteiger partial charge >= 0.3 is 0 Å². The van der Waals surface area contributed by atoms with E-state index in [1.807, 2.05) is 0 Å². The first-order chi connectivity index (χ1) is 9.27. The van der Waals surface area contributed by atoms with Gasteiger partial charge in [-0.1, -0.05) is 5.18 Å². The molecular formula is C12H21N3O4. The van der Waals surface area contributed by atoms with E-state index in [4.69, 9.17) is 14.6 Å². The predicted molar refractivity (Wildman–Crippen MR) is 69.6 cm³/mol. The first kappa shape index (κ1) is 14.4. The van der Waals surface area contributed by atoms with Gasteiger partial charge in [0, 0.05) is 13.2 Å². The van der Waals surface area contributed by atoms with Crippen molar-refractivity contribution in [2.24, 2.45) is 10.3 Å². The van der Waals surface area contributed by atoms with Crippen molar-refractivity contribution in [1.29, 1.82) is 0 Å². The third kappa shape index (κ3) is 3.29. The molecule has 0 aromatic carbocycles. The number of rotatable bonds is 6. The second-order valence-corrected chi connectivity index (χ2v) is 4.83. The molecule has 1 N–H and O–H groups in total. The van der Waals surface area contributed by atoms with E-state index < -0.39 is 12.3 Å². The molecule has 0 aliphatic carbocycles. The van der Waals surface area contributed by atoms with Crippen molar-refractivity contribution >= 4 is 5.71 Å². The lowest BCUT2D eigenvalue weighted by atomic mass is 10.1.